The van der Waals surface area contributed by atoms with E-state index >= 15 is 0 Å². The van der Waals surface area contributed by atoms with Crippen LogP contribution in [0.15, 0.2) is 17.2 Å². The number of amides is 1. The van der Waals surface area contributed by atoms with Crippen molar-refractivity contribution in [2.24, 2.45) is 18.2 Å². The summed E-state index contributed by atoms with van der Waals surface area (Å²) in [6.45, 7) is 4.26. The Bertz CT molecular complexity index is 630. The molecule has 1 amide bonds. The molecule has 0 aromatic carbocycles. The fourth-order valence-corrected chi connectivity index (χ4v) is 3.75. The van der Waals surface area contributed by atoms with Gasteiger partial charge in [-0.25, -0.2) is 13.1 Å². The minimum absolute atomic E-state index is 0.0420. The summed E-state index contributed by atoms with van der Waals surface area (Å²) in [6.07, 6.45) is 3.25. The number of rotatable bonds is 5. The summed E-state index contributed by atoms with van der Waals surface area (Å²) in [5.74, 6) is -0.649. The number of nitrogens with zero attached hydrogens (tertiary/aromatic N) is 1. The Hall–Kier alpha value is -1.38. The van der Waals surface area contributed by atoms with Crippen molar-refractivity contribution in [2.75, 3.05) is 19.6 Å². The van der Waals surface area contributed by atoms with E-state index in [1.165, 1.54) is 16.8 Å². The van der Waals surface area contributed by atoms with Crippen LogP contribution in [0.2, 0.25) is 0 Å². The van der Waals surface area contributed by atoms with E-state index < -0.39 is 15.9 Å². The number of hydrogen-bond acceptors (Lipinski definition) is 4. The molecule has 0 spiro atoms. The van der Waals surface area contributed by atoms with E-state index in [2.05, 4.69) is 17.0 Å². The zero-order valence-electron chi connectivity index (χ0n) is 12.3. The molecule has 0 atom stereocenters. The Kier molecular flexibility index (Phi) is 4.40. The van der Waals surface area contributed by atoms with Gasteiger partial charge in [0.15, 0.2) is 0 Å². The number of aromatic nitrogens is 1. The molecule has 0 aliphatic carbocycles. The molecule has 1 fully saturated rings. The molecule has 0 radical (unpaired) electrons. The number of hydrogen-bond donors (Lipinski definition) is 3. The number of piperidine rings is 1. The molecule has 0 saturated carbocycles. The van der Waals surface area contributed by atoms with Crippen LogP contribution >= 0.6 is 0 Å². The van der Waals surface area contributed by atoms with Crippen LogP contribution < -0.4 is 15.8 Å². The van der Waals surface area contributed by atoms with Crippen molar-refractivity contribution in [1.82, 2.24) is 14.6 Å². The van der Waals surface area contributed by atoms with E-state index in [9.17, 15) is 13.2 Å². The van der Waals surface area contributed by atoms with Gasteiger partial charge in [0.25, 0.3) is 5.91 Å². The Morgan fingerprint density at radius 2 is 2.10 bits per heavy atom. The minimum atomic E-state index is -3.63. The van der Waals surface area contributed by atoms with Crippen LogP contribution in [0.5, 0.6) is 0 Å². The fraction of sp³-hybridized carbons (Fsp3) is 0.615. The van der Waals surface area contributed by atoms with Crippen LogP contribution in [0, 0.1) is 5.41 Å². The number of nitrogens with one attached hydrogen (secondary N) is 2. The van der Waals surface area contributed by atoms with Gasteiger partial charge in [-0.3, -0.25) is 4.79 Å². The second-order valence-electron chi connectivity index (χ2n) is 5.92. The van der Waals surface area contributed by atoms with E-state index in [0.29, 0.717) is 6.54 Å². The Morgan fingerprint density at radius 3 is 2.62 bits per heavy atom. The first kappa shape index (κ1) is 16.0. The second kappa shape index (κ2) is 5.78. The van der Waals surface area contributed by atoms with Crippen LogP contribution in [0.25, 0.3) is 0 Å². The lowest BCUT2D eigenvalue weighted by molar-refractivity contribution is 0.0992. The van der Waals surface area contributed by atoms with Gasteiger partial charge in [0.1, 0.15) is 10.6 Å². The van der Waals surface area contributed by atoms with Gasteiger partial charge in [0, 0.05) is 19.8 Å². The van der Waals surface area contributed by atoms with Gasteiger partial charge in [0.2, 0.25) is 10.0 Å². The van der Waals surface area contributed by atoms with Crippen molar-refractivity contribution in [3.8, 4) is 0 Å². The predicted octanol–water partition coefficient (Wildman–Crippen LogP) is -0.208. The van der Waals surface area contributed by atoms with Crippen molar-refractivity contribution in [1.29, 1.82) is 0 Å². The molecular formula is C13H22N4O3S. The van der Waals surface area contributed by atoms with E-state index in [1.807, 2.05) is 0 Å². The average molecular weight is 314 g/mol. The van der Waals surface area contributed by atoms with Crippen LogP contribution in [0.3, 0.4) is 0 Å². The predicted molar refractivity (Wildman–Crippen MR) is 79.3 cm³/mol. The molecule has 8 heteroatoms. The summed E-state index contributed by atoms with van der Waals surface area (Å²) in [7, 11) is -2.04. The van der Waals surface area contributed by atoms with Crippen molar-refractivity contribution in [3.63, 3.8) is 0 Å². The van der Waals surface area contributed by atoms with Gasteiger partial charge >= 0.3 is 0 Å². The zero-order valence-corrected chi connectivity index (χ0v) is 13.2. The van der Waals surface area contributed by atoms with Gasteiger partial charge < -0.3 is 15.6 Å². The maximum atomic E-state index is 12.3. The quantitative estimate of drug-likeness (QED) is 0.699. The molecule has 2 rings (SSSR count). The van der Waals surface area contributed by atoms with Crippen molar-refractivity contribution >= 4 is 15.9 Å². The average Bonchev–Trinajstić information content (AvgIpc) is 2.81. The summed E-state index contributed by atoms with van der Waals surface area (Å²) in [6, 6.07) is 1.30. The number of carbonyl (C=O) groups is 1. The summed E-state index contributed by atoms with van der Waals surface area (Å²) >= 11 is 0. The third-order valence-corrected chi connectivity index (χ3v) is 5.41. The number of primary amides is 1. The molecule has 0 bridgehead atoms. The molecule has 21 heavy (non-hydrogen) atoms. The number of nitrogens with two attached hydrogens (primary N) is 1. The maximum absolute atomic E-state index is 12.3. The van der Waals surface area contributed by atoms with Crippen LogP contribution in [0.4, 0.5) is 0 Å². The Morgan fingerprint density at radius 1 is 1.48 bits per heavy atom. The van der Waals surface area contributed by atoms with E-state index in [-0.39, 0.29) is 16.0 Å². The molecule has 2 heterocycles. The van der Waals surface area contributed by atoms with Gasteiger partial charge in [-0.1, -0.05) is 6.92 Å². The van der Waals surface area contributed by atoms with E-state index in [1.54, 1.807) is 7.05 Å². The molecule has 118 valence electrons. The lowest BCUT2D eigenvalue weighted by atomic mass is 9.81. The highest BCUT2D eigenvalue weighted by molar-refractivity contribution is 7.89. The van der Waals surface area contributed by atoms with E-state index in [4.69, 9.17) is 5.73 Å². The monoisotopic (exact) mass is 314 g/mol. The molecule has 1 aliphatic heterocycles. The van der Waals surface area contributed by atoms with Gasteiger partial charge in [-0.05, 0) is 37.4 Å². The highest BCUT2D eigenvalue weighted by Crippen LogP contribution is 2.27. The van der Waals surface area contributed by atoms with Crippen LogP contribution in [-0.2, 0) is 17.1 Å². The van der Waals surface area contributed by atoms with Crippen LogP contribution in [0.1, 0.15) is 30.3 Å². The summed E-state index contributed by atoms with van der Waals surface area (Å²) in [5, 5.41) is 3.26. The van der Waals surface area contributed by atoms with Crippen molar-refractivity contribution in [2.45, 2.75) is 24.7 Å². The molecular weight excluding hydrogens is 292 g/mol. The molecule has 7 nitrogen and oxygen atoms in total. The molecule has 1 aromatic rings. The molecule has 4 N–H and O–H groups in total. The van der Waals surface area contributed by atoms with Crippen molar-refractivity contribution < 1.29 is 13.2 Å². The first-order valence-corrected chi connectivity index (χ1v) is 8.38. The zero-order chi connectivity index (χ0) is 15.7. The van der Waals surface area contributed by atoms with Crippen molar-refractivity contribution in [3.05, 3.63) is 18.0 Å². The normalized spacial score (nSPS) is 18.6. The highest BCUT2D eigenvalue weighted by atomic mass is 32.2. The Balaban J connectivity index is 2.11. The summed E-state index contributed by atoms with van der Waals surface area (Å²) in [4.78, 5) is 11.3. The topological polar surface area (TPSA) is 106 Å². The maximum Gasteiger partial charge on any atom is 0.265 e. The first-order chi connectivity index (χ1) is 9.73. The van der Waals surface area contributed by atoms with Gasteiger partial charge in [0.05, 0.1) is 0 Å². The third kappa shape index (κ3) is 3.63. The standard InChI is InChI=1S/C13H22N4O3S/c1-13(3-5-15-6-4-13)9-16-21(19,20)10-7-11(12(14)18)17(2)8-10/h7-8,15-16H,3-6,9H2,1-2H3,(H2,14,18). The SMILES string of the molecule is Cn1cc(S(=O)(=O)NCC2(C)CCNCC2)cc1C(N)=O. The molecule has 1 aromatic heterocycles. The lowest BCUT2D eigenvalue weighted by Crippen LogP contribution is -2.42. The minimum Gasteiger partial charge on any atom is -0.364 e. The second-order valence-corrected chi connectivity index (χ2v) is 7.69. The molecule has 0 unspecified atom stereocenters. The number of sulfonamides is 1. The first-order valence-electron chi connectivity index (χ1n) is 6.90. The van der Waals surface area contributed by atoms with Gasteiger partial charge in [-0.15, -0.1) is 0 Å². The number of aryl methyl sites for hydroxylation is 1. The number of carbonyl (C=O) groups excluding carboxylic acids is 1. The third-order valence-electron chi connectivity index (χ3n) is 4.04. The largest absolute Gasteiger partial charge is 0.364 e. The molecule has 1 aliphatic rings. The van der Waals surface area contributed by atoms with Gasteiger partial charge in [-0.2, -0.15) is 0 Å². The summed E-state index contributed by atoms with van der Waals surface area (Å²) < 4.78 is 28.7. The van der Waals surface area contributed by atoms with Crippen LogP contribution in [-0.4, -0.2) is 38.5 Å². The smallest absolute Gasteiger partial charge is 0.265 e. The fourth-order valence-electron chi connectivity index (χ4n) is 2.49. The Labute approximate surface area is 124 Å². The summed E-state index contributed by atoms with van der Waals surface area (Å²) in [5.41, 5.74) is 5.33. The van der Waals surface area contributed by atoms with E-state index in [0.717, 1.165) is 25.9 Å². The molecule has 1 saturated heterocycles. The highest BCUT2D eigenvalue weighted by Gasteiger charge is 2.29. The lowest BCUT2D eigenvalue weighted by Gasteiger charge is -2.33.